The fraction of sp³-hybridized carbons (Fsp3) is 0.400. The van der Waals surface area contributed by atoms with E-state index in [1.165, 1.54) is 6.08 Å². The molecule has 5 heteroatoms. The van der Waals surface area contributed by atoms with Gasteiger partial charge in [-0.1, -0.05) is 6.07 Å². The zero-order valence-corrected chi connectivity index (χ0v) is 11.4. The third-order valence-corrected chi connectivity index (χ3v) is 3.26. The number of aliphatic hydroxyl groups is 2. The van der Waals surface area contributed by atoms with E-state index >= 15 is 0 Å². The van der Waals surface area contributed by atoms with Crippen LogP contribution in [0.2, 0.25) is 0 Å². The van der Waals surface area contributed by atoms with E-state index in [2.05, 4.69) is 5.32 Å². The Morgan fingerprint density at radius 1 is 1.45 bits per heavy atom. The maximum absolute atomic E-state index is 11.7. The highest BCUT2D eigenvalue weighted by atomic mass is 16.5. The summed E-state index contributed by atoms with van der Waals surface area (Å²) < 4.78 is 5.42. The van der Waals surface area contributed by atoms with Gasteiger partial charge in [0, 0.05) is 12.5 Å². The molecule has 0 atom stereocenters. The Labute approximate surface area is 117 Å². The molecule has 108 valence electrons. The van der Waals surface area contributed by atoms with Crippen LogP contribution in [-0.4, -0.2) is 41.5 Å². The molecule has 5 nitrogen and oxygen atoms in total. The van der Waals surface area contributed by atoms with Gasteiger partial charge in [0.2, 0.25) is 5.91 Å². The first kappa shape index (κ1) is 14.6. The van der Waals surface area contributed by atoms with Gasteiger partial charge >= 0.3 is 0 Å². The minimum absolute atomic E-state index is 0.320. The van der Waals surface area contributed by atoms with Gasteiger partial charge in [-0.05, 0) is 36.3 Å². The van der Waals surface area contributed by atoms with E-state index in [4.69, 9.17) is 14.9 Å². The van der Waals surface area contributed by atoms with Crippen LogP contribution in [0.3, 0.4) is 0 Å². The quantitative estimate of drug-likeness (QED) is 0.685. The van der Waals surface area contributed by atoms with Gasteiger partial charge in [-0.25, -0.2) is 0 Å². The molecule has 1 aromatic rings. The zero-order chi connectivity index (χ0) is 14.6. The smallest absolute Gasteiger partial charge is 0.244 e. The van der Waals surface area contributed by atoms with Gasteiger partial charge in [-0.3, -0.25) is 4.79 Å². The number of ether oxygens (including phenoxy) is 1. The minimum atomic E-state index is -1.01. The maximum Gasteiger partial charge on any atom is 0.244 e. The number of rotatable bonds is 5. The highest BCUT2D eigenvalue weighted by Crippen LogP contribution is 2.26. The summed E-state index contributed by atoms with van der Waals surface area (Å²) in [6.07, 6.45) is 3.97. The molecule has 1 aromatic carbocycles. The van der Waals surface area contributed by atoms with Crippen LogP contribution in [0, 0.1) is 0 Å². The topological polar surface area (TPSA) is 78.8 Å². The number of amides is 1. The zero-order valence-electron chi connectivity index (χ0n) is 11.4. The van der Waals surface area contributed by atoms with Crippen molar-refractivity contribution in [3.63, 3.8) is 0 Å². The lowest BCUT2D eigenvalue weighted by atomic mass is 10.1. The molecule has 3 N–H and O–H groups in total. The predicted octanol–water partition coefficient (Wildman–Crippen LogP) is 0.494. The van der Waals surface area contributed by atoms with Crippen molar-refractivity contribution in [1.82, 2.24) is 5.32 Å². The summed E-state index contributed by atoms with van der Waals surface area (Å²) in [5.41, 5.74) is 1.05. The van der Waals surface area contributed by atoms with Crippen LogP contribution in [-0.2, 0) is 11.2 Å². The maximum atomic E-state index is 11.7. The van der Waals surface area contributed by atoms with E-state index in [1.807, 2.05) is 18.2 Å². The molecular weight excluding hydrogens is 258 g/mol. The lowest BCUT2D eigenvalue weighted by molar-refractivity contribution is -0.119. The van der Waals surface area contributed by atoms with E-state index in [1.54, 1.807) is 13.0 Å². The second-order valence-corrected chi connectivity index (χ2v) is 5.17. The normalized spacial score (nSPS) is 14.2. The van der Waals surface area contributed by atoms with Crippen molar-refractivity contribution in [3.8, 4) is 5.75 Å². The van der Waals surface area contributed by atoms with Crippen molar-refractivity contribution in [2.24, 2.45) is 0 Å². The second-order valence-electron chi connectivity index (χ2n) is 5.17. The van der Waals surface area contributed by atoms with Crippen molar-refractivity contribution in [3.05, 3.63) is 35.4 Å². The van der Waals surface area contributed by atoms with Crippen molar-refractivity contribution in [1.29, 1.82) is 0 Å². The summed E-state index contributed by atoms with van der Waals surface area (Å²) in [6, 6.07) is 5.76. The van der Waals surface area contributed by atoms with E-state index in [0.29, 0.717) is 6.61 Å². The Hall–Kier alpha value is -1.85. The van der Waals surface area contributed by atoms with Gasteiger partial charge in [0.25, 0.3) is 0 Å². The molecule has 0 saturated heterocycles. The Kier molecular flexibility index (Phi) is 4.42. The lowest BCUT2D eigenvalue weighted by Crippen LogP contribution is -2.51. The van der Waals surface area contributed by atoms with Gasteiger partial charge in [0.1, 0.15) is 5.75 Å². The average molecular weight is 277 g/mol. The molecule has 1 heterocycles. The van der Waals surface area contributed by atoms with Gasteiger partial charge in [-0.2, -0.15) is 0 Å². The molecule has 0 spiro atoms. The number of hydrogen-bond acceptors (Lipinski definition) is 4. The summed E-state index contributed by atoms with van der Waals surface area (Å²) in [5, 5.41) is 20.8. The first-order valence-electron chi connectivity index (χ1n) is 6.54. The molecule has 1 aliphatic heterocycles. The summed E-state index contributed by atoms with van der Waals surface area (Å²) in [5.74, 6) is 0.548. The molecule has 0 aromatic heterocycles. The highest BCUT2D eigenvalue weighted by molar-refractivity contribution is 5.92. The van der Waals surface area contributed by atoms with E-state index in [-0.39, 0.29) is 19.1 Å². The van der Waals surface area contributed by atoms with Crippen LogP contribution in [0.1, 0.15) is 18.1 Å². The molecule has 0 unspecified atom stereocenters. The van der Waals surface area contributed by atoms with Gasteiger partial charge < -0.3 is 20.3 Å². The van der Waals surface area contributed by atoms with Crippen LogP contribution in [0.15, 0.2) is 24.3 Å². The SMILES string of the molecule is CC(CO)(CO)NC(=O)/C=C/c1ccc2c(c1)CCO2. The Balaban J connectivity index is 2.00. The molecule has 1 amide bonds. The van der Waals surface area contributed by atoms with E-state index in [9.17, 15) is 4.79 Å². The van der Waals surface area contributed by atoms with Crippen LogP contribution in [0.4, 0.5) is 0 Å². The molecular formula is C15H19NO4. The number of aliphatic hydroxyl groups excluding tert-OH is 2. The van der Waals surface area contributed by atoms with Crippen molar-refractivity contribution < 1.29 is 19.7 Å². The Morgan fingerprint density at radius 3 is 2.90 bits per heavy atom. The Bertz CT molecular complexity index is 521. The summed E-state index contributed by atoms with van der Waals surface area (Å²) in [6.45, 7) is 1.64. The van der Waals surface area contributed by atoms with E-state index < -0.39 is 5.54 Å². The van der Waals surface area contributed by atoms with E-state index in [0.717, 1.165) is 23.3 Å². The number of fused-ring (bicyclic) bond motifs is 1. The first-order valence-corrected chi connectivity index (χ1v) is 6.54. The molecule has 0 bridgehead atoms. The second kappa shape index (κ2) is 6.07. The molecule has 1 aliphatic rings. The number of hydrogen-bond donors (Lipinski definition) is 3. The average Bonchev–Trinajstić information content (AvgIpc) is 2.92. The van der Waals surface area contributed by atoms with Crippen LogP contribution < -0.4 is 10.1 Å². The van der Waals surface area contributed by atoms with Crippen LogP contribution in [0.25, 0.3) is 6.08 Å². The highest BCUT2D eigenvalue weighted by Gasteiger charge is 2.23. The Morgan fingerprint density at radius 2 is 2.20 bits per heavy atom. The molecule has 0 aliphatic carbocycles. The molecule has 20 heavy (non-hydrogen) atoms. The molecule has 0 saturated carbocycles. The van der Waals surface area contributed by atoms with Crippen molar-refractivity contribution in [2.75, 3.05) is 19.8 Å². The van der Waals surface area contributed by atoms with Crippen LogP contribution >= 0.6 is 0 Å². The summed E-state index contributed by atoms with van der Waals surface area (Å²) in [4.78, 5) is 11.7. The number of nitrogens with one attached hydrogen (secondary N) is 1. The largest absolute Gasteiger partial charge is 0.493 e. The first-order chi connectivity index (χ1) is 9.56. The van der Waals surface area contributed by atoms with Gasteiger partial charge in [0.15, 0.2) is 0 Å². The molecule has 2 rings (SSSR count). The third kappa shape index (κ3) is 3.37. The number of benzene rings is 1. The van der Waals surface area contributed by atoms with Crippen LogP contribution in [0.5, 0.6) is 5.75 Å². The lowest BCUT2D eigenvalue weighted by Gasteiger charge is -2.25. The monoisotopic (exact) mass is 277 g/mol. The fourth-order valence-corrected chi connectivity index (χ4v) is 1.95. The van der Waals surface area contributed by atoms with Crippen molar-refractivity contribution in [2.45, 2.75) is 18.9 Å². The minimum Gasteiger partial charge on any atom is -0.493 e. The fourth-order valence-electron chi connectivity index (χ4n) is 1.95. The number of carbonyl (C=O) groups is 1. The summed E-state index contributed by atoms with van der Waals surface area (Å²) in [7, 11) is 0. The number of carbonyl (C=O) groups excluding carboxylic acids is 1. The predicted molar refractivity (Wildman–Crippen MR) is 75.4 cm³/mol. The summed E-state index contributed by atoms with van der Waals surface area (Å²) >= 11 is 0. The standard InChI is InChI=1S/C15H19NO4/c1-15(9-17,10-18)16-14(19)5-3-11-2-4-13-12(8-11)6-7-20-13/h2-5,8,17-18H,6-7,9-10H2,1H3,(H,16,19)/b5-3+. The molecule has 0 radical (unpaired) electrons. The van der Waals surface area contributed by atoms with Gasteiger partial charge in [-0.15, -0.1) is 0 Å². The van der Waals surface area contributed by atoms with Crippen molar-refractivity contribution >= 4 is 12.0 Å². The third-order valence-electron chi connectivity index (χ3n) is 3.26. The van der Waals surface area contributed by atoms with Gasteiger partial charge in [0.05, 0.1) is 25.4 Å². The molecule has 0 fully saturated rings.